The number of nitrogens with zero attached hydrogens (tertiary/aromatic N) is 1. The Morgan fingerprint density at radius 1 is 1.25 bits per heavy atom. The molecule has 0 saturated heterocycles. The SMILES string of the molecule is CC(C)(C)c1csc(CNC(=O)CCc2ccccc2N)n1.Cl.Cl. The Balaban J connectivity index is 0.00000264. The molecular formula is C17H25Cl2N3OS. The van der Waals surface area contributed by atoms with Crippen molar-refractivity contribution in [1.82, 2.24) is 10.3 Å². The van der Waals surface area contributed by atoms with Crippen molar-refractivity contribution in [2.45, 2.75) is 45.6 Å². The highest BCUT2D eigenvalue weighted by atomic mass is 35.5. The van der Waals surface area contributed by atoms with Gasteiger partial charge >= 0.3 is 0 Å². The smallest absolute Gasteiger partial charge is 0.220 e. The summed E-state index contributed by atoms with van der Waals surface area (Å²) in [4.78, 5) is 16.5. The van der Waals surface area contributed by atoms with E-state index in [4.69, 9.17) is 5.73 Å². The Kier molecular flexibility index (Phi) is 9.33. The number of thiazole rings is 1. The summed E-state index contributed by atoms with van der Waals surface area (Å²) in [5, 5.41) is 5.93. The van der Waals surface area contributed by atoms with Gasteiger partial charge < -0.3 is 11.1 Å². The molecule has 0 aliphatic carbocycles. The zero-order chi connectivity index (χ0) is 16.2. The normalized spacial score (nSPS) is 10.5. The summed E-state index contributed by atoms with van der Waals surface area (Å²) in [6.07, 6.45) is 1.09. The van der Waals surface area contributed by atoms with Crippen molar-refractivity contribution in [3.63, 3.8) is 0 Å². The van der Waals surface area contributed by atoms with Crippen LogP contribution in [0, 0.1) is 0 Å². The molecule has 0 bridgehead atoms. The van der Waals surface area contributed by atoms with Crippen LogP contribution in [-0.2, 0) is 23.2 Å². The van der Waals surface area contributed by atoms with Crippen molar-refractivity contribution in [3.05, 3.63) is 45.9 Å². The summed E-state index contributed by atoms with van der Waals surface area (Å²) >= 11 is 1.59. The number of nitrogen functional groups attached to an aromatic ring is 1. The highest BCUT2D eigenvalue weighted by Gasteiger charge is 2.17. The van der Waals surface area contributed by atoms with Crippen LogP contribution in [0.15, 0.2) is 29.6 Å². The number of hydrogen-bond donors (Lipinski definition) is 2. The van der Waals surface area contributed by atoms with Gasteiger partial charge in [0.05, 0.1) is 12.2 Å². The highest BCUT2D eigenvalue weighted by Crippen LogP contribution is 2.23. The number of carbonyl (C=O) groups is 1. The summed E-state index contributed by atoms with van der Waals surface area (Å²) in [6.45, 7) is 6.89. The summed E-state index contributed by atoms with van der Waals surface area (Å²) in [7, 11) is 0. The van der Waals surface area contributed by atoms with E-state index in [1.807, 2.05) is 24.3 Å². The zero-order valence-corrected chi connectivity index (χ0v) is 16.6. The number of para-hydroxylation sites is 1. The number of aromatic nitrogens is 1. The van der Waals surface area contributed by atoms with Crippen LogP contribution >= 0.6 is 36.2 Å². The molecule has 3 N–H and O–H groups in total. The van der Waals surface area contributed by atoms with E-state index in [1.165, 1.54) is 0 Å². The number of rotatable bonds is 5. The second-order valence-electron chi connectivity index (χ2n) is 6.35. The lowest BCUT2D eigenvalue weighted by atomic mass is 9.93. The van der Waals surface area contributed by atoms with Crippen molar-refractivity contribution in [2.24, 2.45) is 0 Å². The van der Waals surface area contributed by atoms with Gasteiger partial charge in [-0.3, -0.25) is 4.79 Å². The van der Waals surface area contributed by atoms with Crippen LogP contribution in [0.5, 0.6) is 0 Å². The number of nitrogens with two attached hydrogens (primary N) is 1. The number of anilines is 1. The molecule has 1 amide bonds. The molecule has 0 aliphatic rings. The Morgan fingerprint density at radius 3 is 2.50 bits per heavy atom. The topological polar surface area (TPSA) is 68.0 Å². The van der Waals surface area contributed by atoms with Crippen molar-refractivity contribution in [2.75, 3.05) is 5.73 Å². The minimum absolute atomic E-state index is 0. The molecule has 24 heavy (non-hydrogen) atoms. The number of nitrogens with one attached hydrogen (secondary N) is 1. The van der Waals surface area contributed by atoms with Crippen molar-refractivity contribution < 1.29 is 4.79 Å². The number of aryl methyl sites for hydroxylation is 1. The van der Waals surface area contributed by atoms with E-state index in [-0.39, 0.29) is 36.1 Å². The first kappa shape index (κ1) is 22.7. The fraction of sp³-hybridized carbons (Fsp3) is 0.412. The van der Waals surface area contributed by atoms with Gasteiger partial charge in [-0.05, 0) is 18.1 Å². The molecule has 7 heteroatoms. The molecule has 134 valence electrons. The zero-order valence-electron chi connectivity index (χ0n) is 14.2. The molecule has 0 saturated carbocycles. The van der Waals surface area contributed by atoms with Gasteiger partial charge in [-0.2, -0.15) is 0 Å². The number of amides is 1. The van der Waals surface area contributed by atoms with Crippen LogP contribution in [0.1, 0.15) is 43.5 Å². The maximum absolute atomic E-state index is 11.9. The average Bonchev–Trinajstić information content (AvgIpc) is 2.93. The lowest BCUT2D eigenvalue weighted by molar-refractivity contribution is -0.121. The van der Waals surface area contributed by atoms with Gasteiger partial charge in [-0.15, -0.1) is 36.2 Å². The third-order valence-electron chi connectivity index (χ3n) is 3.43. The minimum Gasteiger partial charge on any atom is -0.399 e. The first-order chi connectivity index (χ1) is 10.4. The molecule has 2 rings (SSSR count). The summed E-state index contributed by atoms with van der Waals surface area (Å²) in [5.41, 5.74) is 8.75. The van der Waals surface area contributed by atoms with E-state index in [0.29, 0.717) is 19.4 Å². The summed E-state index contributed by atoms with van der Waals surface area (Å²) in [6, 6.07) is 7.65. The Morgan fingerprint density at radius 2 is 1.92 bits per heavy atom. The first-order valence-corrected chi connectivity index (χ1v) is 8.29. The monoisotopic (exact) mass is 389 g/mol. The van der Waals surface area contributed by atoms with Crippen LogP contribution in [0.3, 0.4) is 0 Å². The average molecular weight is 390 g/mol. The largest absolute Gasteiger partial charge is 0.399 e. The highest BCUT2D eigenvalue weighted by molar-refractivity contribution is 7.09. The molecule has 4 nitrogen and oxygen atoms in total. The van der Waals surface area contributed by atoms with E-state index in [1.54, 1.807) is 11.3 Å². The first-order valence-electron chi connectivity index (χ1n) is 7.41. The molecule has 0 fully saturated rings. The molecule has 0 unspecified atom stereocenters. The van der Waals surface area contributed by atoms with Gasteiger partial charge in [0.25, 0.3) is 0 Å². The number of carbonyl (C=O) groups excluding carboxylic acids is 1. The van der Waals surface area contributed by atoms with Crippen LogP contribution in [0.2, 0.25) is 0 Å². The lowest BCUT2D eigenvalue weighted by Crippen LogP contribution is -2.23. The molecule has 0 spiro atoms. The van der Waals surface area contributed by atoms with Crippen LogP contribution < -0.4 is 11.1 Å². The van der Waals surface area contributed by atoms with Crippen molar-refractivity contribution in [3.8, 4) is 0 Å². The number of halogens is 2. The maximum Gasteiger partial charge on any atom is 0.220 e. The number of hydrogen-bond acceptors (Lipinski definition) is 4. The fourth-order valence-electron chi connectivity index (χ4n) is 2.01. The van der Waals surface area contributed by atoms with Crippen LogP contribution in [0.4, 0.5) is 5.69 Å². The Labute approximate surface area is 160 Å². The molecule has 0 radical (unpaired) electrons. The third-order valence-corrected chi connectivity index (χ3v) is 4.28. The van der Waals surface area contributed by atoms with Gasteiger partial charge in [0.2, 0.25) is 5.91 Å². The summed E-state index contributed by atoms with van der Waals surface area (Å²) in [5.74, 6) is 0.0239. The van der Waals surface area contributed by atoms with Gasteiger partial charge in [0, 0.05) is 22.9 Å². The van der Waals surface area contributed by atoms with Gasteiger partial charge in [-0.1, -0.05) is 39.0 Å². The Bertz CT molecular complexity index is 653. The van der Waals surface area contributed by atoms with E-state index < -0.39 is 0 Å². The fourth-order valence-corrected chi connectivity index (χ4v) is 2.97. The minimum atomic E-state index is 0. The molecule has 0 aliphatic heterocycles. The van der Waals surface area contributed by atoms with Gasteiger partial charge in [0.1, 0.15) is 5.01 Å². The Hall–Kier alpha value is -1.30. The number of benzene rings is 1. The second-order valence-corrected chi connectivity index (χ2v) is 7.29. The third kappa shape index (κ3) is 6.67. The van der Waals surface area contributed by atoms with E-state index in [0.717, 1.165) is 22.0 Å². The quantitative estimate of drug-likeness (QED) is 0.755. The lowest BCUT2D eigenvalue weighted by Gasteiger charge is -2.14. The van der Waals surface area contributed by atoms with Crippen LogP contribution in [0.25, 0.3) is 0 Å². The van der Waals surface area contributed by atoms with E-state index >= 15 is 0 Å². The van der Waals surface area contributed by atoms with Gasteiger partial charge in [-0.25, -0.2) is 4.98 Å². The predicted molar refractivity (Wildman–Crippen MR) is 106 cm³/mol. The molecular weight excluding hydrogens is 365 g/mol. The maximum atomic E-state index is 11.9. The predicted octanol–water partition coefficient (Wildman–Crippen LogP) is 4.12. The molecule has 1 aromatic carbocycles. The van der Waals surface area contributed by atoms with Crippen LogP contribution in [-0.4, -0.2) is 10.9 Å². The molecule has 1 aromatic heterocycles. The standard InChI is InChI=1S/C17H23N3OS.2ClH/c1-17(2,3)14-11-22-16(20-14)10-19-15(21)9-8-12-6-4-5-7-13(12)18;;/h4-7,11H,8-10,18H2,1-3H3,(H,19,21);2*1H. The second kappa shape index (κ2) is 9.87. The molecule has 2 aromatic rings. The van der Waals surface area contributed by atoms with E-state index in [9.17, 15) is 4.79 Å². The van der Waals surface area contributed by atoms with Gasteiger partial charge in [0.15, 0.2) is 0 Å². The molecule has 1 heterocycles. The molecule has 0 atom stereocenters. The van der Waals surface area contributed by atoms with Crippen molar-refractivity contribution in [1.29, 1.82) is 0 Å². The van der Waals surface area contributed by atoms with Crippen molar-refractivity contribution >= 4 is 47.7 Å². The summed E-state index contributed by atoms with van der Waals surface area (Å²) < 4.78 is 0. The van der Waals surface area contributed by atoms with E-state index in [2.05, 4.69) is 36.5 Å².